The van der Waals surface area contributed by atoms with Crippen LogP contribution in [-0.2, 0) is 6.42 Å². The molecule has 0 bridgehead atoms. The lowest BCUT2D eigenvalue weighted by Gasteiger charge is -2.10. The minimum absolute atomic E-state index is 0.186. The Morgan fingerprint density at radius 3 is 1.96 bits per heavy atom. The fourth-order valence-corrected chi connectivity index (χ4v) is 2.74. The Morgan fingerprint density at radius 1 is 0.786 bits per heavy atom. The Hall–Kier alpha value is -3.60. The highest BCUT2D eigenvalue weighted by Gasteiger charge is 2.10. The van der Waals surface area contributed by atoms with Crippen LogP contribution in [0.4, 0.5) is 11.4 Å². The van der Waals surface area contributed by atoms with Gasteiger partial charge in [-0.2, -0.15) is 0 Å². The molecule has 3 aromatic carbocycles. The molecule has 0 fully saturated rings. The van der Waals surface area contributed by atoms with Crippen LogP contribution in [0.2, 0.25) is 0 Å². The molecule has 0 radical (unpaired) electrons. The number of ether oxygens (including phenoxy) is 1. The second kappa shape index (κ2) is 8.86. The fraction of sp³-hybridized carbons (Fsp3) is 0.130. The monoisotopic (exact) mass is 374 g/mol. The molecule has 2 amide bonds. The number of nitrogens with one attached hydrogen (secondary N) is 2. The van der Waals surface area contributed by atoms with Gasteiger partial charge in [0.05, 0.1) is 12.8 Å². The molecule has 0 aliphatic heterocycles. The molecule has 3 rings (SSSR count). The Balaban J connectivity index is 1.65. The molecule has 0 aliphatic carbocycles. The van der Waals surface area contributed by atoms with E-state index in [1.165, 1.54) is 5.56 Å². The number of rotatable bonds is 6. The van der Waals surface area contributed by atoms with Crippen LogP contribution >= 0.6 is 0 Å². The summed E-state index contributed by atoms with van der Waals surface area (Å²) in [5, 5.41) is 5.66. The smallest absolute Gasteiger partial charge is 0.255 e. The Bertz CT molecular complexity index is 964. The van der Waals surface area contributed by atoms with Gasteiger partial charge in [-0.25, -0.2) is 0 Å². The van der Waals surface area contributed by atoms with Crippen molar-refractivity contribution in [2.45, 2.75) is 13.3 Å². The largest absolute Gasteiger partial charge is 0.495 e. The van der Waals surface area contributed by atoms with Gasteiger partial charge in [-0.15, -0.1) is 0 Å². The summed E-state index contributed by atoms with van der Waals surface area (Å²) in [6, 6.07) is 21.5. The lowest BCUT2D eigenvalue weighted by Crippen LogP contribution is -2.14. The average molecular weight is 374 g/mol. The highest BCUT2D eigenvalue weighted by Crippen LogP contribution is 2.24. The van der Waals surface area contributed by atoms with Gasteiger partial charge in [0, 0.05) is 16.8 Å². The maximum Gasteiger partial charge on any atom is 0.255 e. The summed E-state index contributed by atoms with van der Waals surface area (Å²) in [4.78, 5) is 24.8. The fourth-order valence-electron chi connectivity index (χ4n) is 2.74. The maximum atomic E-state index is 12.4. The van der Waals surface area contributed by atoms with Gasteiger partial charge in [0.15, 0.2) is 0 Å². The lowest BCUT2D eigenvalue weighted by atomic mass is 10.1. The molecule has 0 aliphatic rings. The van der Waals surface area contributed by atoms with E-state index >= 15 is 0 Å². The molecular formula is C23H22N2O3. The summed E-state index contributed by atoms with van der Waals surface area (Å²) in [5.41, 5.74) is 3.48. The van der Waals surface area contributed by atoms with E-state index in [0.29, 0.717) is 28.3 Å². The highest BCUT2D eigenvalue weighted by atomic mass is 16.5. The van der Waals surface area contributed by atoms with Crippen LogP contribution in [0.5, 0.6) is 5.75 Å². The van der Waals surface area contributed by atoms with Crippen molar-refractivity contribution in [3.05, 3.63) is 89.5 Å². The minimum Gasteiger partial charge on any atom is -0.495 e. The van der Waals surface area contributed by atoms with Crippen LogP contribution in [0.3, 0.4) is 0 Å². The third kappa shape index (κ3) is 4.57. The summed E-state index contributed by atoms with van der Waals surface area (Å²) in [6.45, 7) is 2.07. The molecule has 28 heavy (non-hydrogen) atoms. The number of benzene rings is 3. The number of methoxy groups -OCH3 is 1. The lowest BCUT2D eigenvalue weighted by molar-refractivity contribution is 0.101. The molecule has 3 aromatic rings. The predicted molar refractivity (Wildman–Crippen MR) is 111 cm³/mol. The van der Waals surface area contributed by atoms with Crippen LogP contribution in [0.25, 0.3) is 0 Å². The average Bonchev–Trinajstić information content (AvgIpc) is 2.74. The van der Waals surface area contributed by atoms with Crippen LogP contribution in [-0.4, -0.2) is 18.9 Å². The quantitative estimate of drug-likeness (QED) is 0.653. The number of carbonyl (C=O) groups excluding carboxylic acids is 2. The van der Waals surface area contributed by atoms with Gasteiger partial charge in [0.1, 0.15) is 5.75 Å². The van der Waals surface area contributed by atoms with Gasteiger partial charge < -0.3 is 15.4 Å². The molecule has 0 spiro atoms. The van der Waals surface area contributed by atoms with E-state index in [2.05, 4.69) is 17.6 Å². The van der Waals surface area contributed by atoms with Crippen molar-refractivity contribution in [2.75, 3.05) is 17.7 Å². The first kappa shape index (κ1) is 19.2. The summed E-state index contributed by atoms with van der Waals surface area (Å²) in [7, 11) is 1.55. The van der Waals surface area contributed by atoms with Crippen LogP contribution in [0.1, 0.15) is 33.2 Å². The van der Waals surface area contributed by atoms with E-state index < -0.39 is 0 Å². The number of amides is 2. The highest BCUT2D eigenvalue weighted by molar-refractivity contribution is 6.06. The van der Waals surface area contributed by atoms with Crippen molar-refractivity contribution < 1.29 is 14.3 Å². The van der Waals surface area contributed by atoms with E-state index in [9.17, 15) is 9.59 Å². The van der Waals surface area contributed by atoms with E-state index in [0.717, 1.165) is 6.42 Å². The second-order valence-electron chi connectivity index (χ2n) is 6.24. The molecule has 0 unspecified atom stereocenters. The van der Waals surface area contributed by atoms with E-state index in [-0.39, 0.29) is 11.8 Å². The summed E-state index contributed by atoms with van der Waals surface area (Å²) in [5.74, 6) is 0.153. The predicted octanol–water partition coefficient (Wildman–Crippen LogP) is 4.76. The van der Waals surface area contributed by atoms with Gasteiger partial charge in [-0.1, -0.05) is 31.2 Å². The molecule has 0 heterocycles. The van der Waals surface area contributed by atoms with Crippen molar-refractivity contribution in [1.82, 2.24) is 0 Å². The summed E-state index contributed by atoms with van der Waals surface area (Å²) in [6.07, 6.45) is 0.931. The van der Waals surface area contributed by atoms with E-state index in [1.807, 2.05) is 36.4 Å². The first-order valence-corrected chi connectivity index (χ1v) is 9.05. The molecular weight excluding hydrogens is 352 g/mol. The molecule has 5 nitrogen and oxygen atoms in total. The first-order valence-electron chi connectivity index (χ1n) is 9.05. The van der Waals surface area contributed by atoms with Crippen molar-refractivity contribution in [3.8, 4) is 5.75 Å². The third-order valence-electron chi connectivity index (χ3n) is 4.38. The standard InChI is InChI=1S/C23H22N2O3/c1-3-16-8-10-17(11-9-16)22(26)24-19-14-12-18(13-15-19)23(27)25-20-6-4-5-7-21(20)28-2/h4-15H,3H2,1-2H3,(H,24,26)(H,25,27). The normalized spacial score (nSPS) is 10.2. The van der Waals surface area contributed by atoms with Gasteiger partial charge in [-0.05, 0) is 60.5 Å². The van der Waals surface area contributed by atoms with Gasteiger partial charge in [-0.3, -0.25) is 9.59 Å². The number of carbonyl (C=O) groups is 2. The molecule has 0 atom stereocenters. The van der Waals surface area contributed by atoms with Crippen LogP contribution < -0.4 is 15.4 Å². The third-order valence-corrected chi connectivity index (χ3v) is 4.38. The molecule has 0 saturated heterocycles. The number of hydrogen-bond donors (Lipinski definition) is 2. The van der Waals surface area contributed by atoms with Crippen LogP contribution in [0.15, 0.2) is 72.8 Å². The van der Waals surface area contributed by atoms with Gasteiger partial charge in [0.2, 0.25) is 0 Å². The number of para-hydroxylation sites is 2. The van der Waals surface area contributed by atoms with Crippen molar-refractivity contribution >= 4 is 23.2 Å². The summed E-state index contributed by atoms with van der Waals surface area (Å²) < 4.78 is 5.24. The molecule has 5 heteroatoms. The van der Waals surface area contributed by atoms with Gasteiger partial charge >= 0.3 is 0 Å². The number of hydrogen-bond acceptors (Lipinski definition) is 3. The number of anilines is 2. The molecule has 0 aromatic heterocycles. The topological polar surface area (TPSA) is 67.4 Å². The zero-order valence-corrected chi connectivity index (χ0v) is 15.9. The Kier molecular flexibility index (Phi) is 6.07. The molecule has 142 valence electrons. The van der Waals surface area contributed by atoms with Crippen molar-refractivity contribution in [3.63, 3.8) is 0 Å². The van der Waals surface area contributed by atoms with E-state index in [1.54, 1.807) is 43.5 Å². The van der Waals surface area contributed by atoms with Crippen molar-refractivity contribution in [1.29, 1.82) is 0 Å². The SMILES string of the molecule is CCc1ccc(C(=O)Nc2ccc(C(=O)Nc3ccccc3OC)cc2)cc1. The Labute approximate surface area is 164 Å². The maximum absolute atomic E-state index is 12.4. The zero-order valence-electron chi connectivity index (χ0n) is 15.9. The van der Waals surface area contributed by atoms with E-state index in [4.69, 9.17) is 4.74 Å². The molecule has 2 N–H and O–H groups in total. The Morgan fingerprint density at radius 2 is 1.36 bits per heavy atom. The molecule has 0 saturated carbocycles. The minimum atomic E-state index is -0.252. The number of aryl methyl sites for hydroxylation is 1. The van der Waals surface area contributed by atoms with Crippen LogP contribution in [0, 0.1) is 0 Å². The van der Waals surface area contributed by atoms with Gasteiger partial charge in [0.25, 0.3) is 11.8 Å². The first-order chi connectivity index (χ1) is 13.6. The summed E-state index contributed by atoms with van der Waals surface area (Å²) >= 11 is 0. The second-order valence-corrected chi connectivity index (χ2v) is 6.24. The van der Waals surface area contributed by atoms with Crippen molar-refractivity contribution in [2.24, 2.45) is 0 Å². The zero-order chi connectivity index (χ0) is 19.9.